The lowest BCUT2D eigenvalue weighted by molar-refractivity contribution is -0.141. The SMILES string of the molecule is C[C@H](OC(=O)/C=C/c1ccc2c(c1)OCCO2)/C(O)=C(\C#N)c1nc2ccccc2[nH]1. The quantitative estimate of drug-likeness (QED) is 0.281. The van der Waals surface area contributed by atoms with Gasteiger partial charge in [0.05, 0.1) is 11.0 Å². The molecule has 156 valence electrons. The van der Waals surface area contributed by atoms with Gasteiger partial charge in [0.25, 0.3) is 0 Å². The number of ether oxygens (including phenoxy) is 3. The number of H-pyrrole nitrogens is 1. The Morgan fingerprint density at radius 3 is 2.81 bits per heavy atom. The Morgan fingerprint density at radius 1 is 1.26 bits per heavy atom. The van der Waals surface area contributed by atoms with Gasteiger partial charge < -0.3 is 24.3 Å². The number of fused-ring (bicyclic) bond motifs is 2. The Balaban J connectivity index is 1.47. The molecule has 2 heterocycles. The lowest BCUT2D eigenvalue weighted by atomic mass is 10.1. The van der Waals surface area contributed by atoms with Gasteiger partial charge in [-0.3, -0.25) is 0 Å². The fourth-order valence-corrected chi connectivity index (χ4v) is 3.10. The van der Waals surface area contributed by atoms with Gasteiger partial charge in [-0.25, -0.2) is 9.78 Å². The largest absolute Gasteiger partial charge is 0.507 e. The van der Waals surface area contributed by atoms with Crippen LogP contribution in [-0.4, -0.2) is 40.4 Å². The van der Waals surface area contributed by atoms with Crippen molar-refractivity contribution in [3.05, 3.63) is 65.7 Å². The van der Waals surface area contributed by atoms with Crippen molar-refractivity contribution in [1.29, 1.82) is 5.26 Å². The van der Waals surface area contributed by atoms with Crippen LogP contribution in [0.25, 0.3) is 22.7 Å². The van der Waals surface area contributed by atoms with Crippen LogP contribution < -0.4 is 9.47 Å². The minimum Gasteiger partial charge on any atom is -0.507 e. The van der Waals surface area contributed by atoms with Crippen molar-refractivity contribution >= 4 is 28.7 Å². The topological polar surface area (TPSA) is 117 Å². The third-order valence-corrected chi connectivity index (χ3v) is 4.65. The van der Waals surface area contributed by atoms with E-state index in [2.05, 4.69) is 9.97 Å². The highest BCUT2D eigenvalue weighted by Crippen LogP contribution is 2.31. The Hall–Kier alpha value is -4.25. The minimum absolute atomic E-state index is 0.0904. The molecule has 4 rings (SSSR count). The maximum absolute atomic E-state index is 12.2. The molecule has 8 nitrogen and oxygen atoms in total. The smallest absolute Gasteiger partial charge is 0.331 e. The van der Waals surface area contributed by atoms with Crippen molar-refractivity contribution in [2.45, 2.75) is 13.0 Å². The Labute approximate surface area is 178 Å². The van der Waals surface area contributed by atoms with E-state index in [1.54, 1.807) is 30.3 Å². The van der Waals surface area contributed by atoms with E-state index in [1.165, 1.54) is 13.0 Å². The maximum atomic E-state index is 12.2. The first kappa shape index (κ1) is 20.0. The highest BCUT2D eigenvalue weighted by Gasteiger charge is 2.20. The summed E-state index contributed by atoms with van der Waals surface area (Å²) in [5.74, 6) is 0.416. The van der Waals surface area contributed by atoms with E-state index in [0.717, 1.165) is 11.1 Å². The Kier molecular flexibility index (Phi) is 5.58. The van der Waals surface area contributed by atoms with E-state index >= 15 is 0 Å². The summed E-state index contributed by atoms with van der Waals surface area (Å²) in [7, 11) is 0. The average molecular weight is 417 g/mol. The second kappa shape index (κ2) is 8.63. The molecule has 0 aliphatic carbocycles. The van der Waals surface area contributed by atoms with Gasteiger partial charge in [0.15, 0.2) is 29.2 Å². The van der Waals surface area contributed by atoms with Gasteiger partial charge in [-0.05, 0) is 42.8 Å². The number of carbonyl (C=O) groups is 1. The van der Waals surface area contributed by atoms with Crippen molar-refractivity contribution in [3.8, 4) is 17.6 Å². The number of allylic oxidation sites excluding steroid dienone is 1. The number of para-hydroxylation sites is 2. The minimum atomic E-state index is -1.04. The number of imidazole rings is 1. The number of nitrogens with zero attached hydrogens (tertiary/aromatic N) is 2. The van der Waals surface area contributed by atoms with Gasteiger partial charge in [-0.2, -0.15) is 5.26 Å². The number of carbonyl (C=O) groups excluding carboxylic acids is 1. The fraction of sp³-hybridized carbons (Fsp3) is 0.174. The molecule has 0 amide bonds. The number of hydrogen-bond acceptors (Lipinski definition) is 7. The van der Waals surface area contributed by atoms with E-state index in [1.807, 2.05) is 24.3 Å². The van der Waals surface area contributed by atoms with Gasteiger partial charge in [0.2, 0.25) is 0 Å². The van der Waals surface area contributed by atoms with E-state index in [4.69, 9.17) is 14.2 Å². The van der Waals surface area contributed by atoms with Crippen molar-refractivity contribution in [3.63, 3.8) is 0 Å². The van der Waals surface area contributed by atoms with E-state index < -0.39 is 12.1 Å². The molecule has 2 aromatic carbocycles. The zero-order chi connectivity index (χ0) is 21.8. The number of hydrogen-bond donors (Lipinski definition) is 2. The summed E-state index contributed by atoms with van der Waals surface area (Å²) in [6.45, 7) is 2.45. The lowest BCUT2D eigenvalue weighted by Crippen LogP contribution is -2.17. The number of esters is 1. The summed E-state index contributed by atoms with van der Waals surface area (Å²) in [5, 5.41) is 20.0. The molecule has 0 fully saturated rings. The molecule has 0 radical (unpaired) electrons. The van der Waals surface area contributed by atoms with Crippen LogP contribution in [0.1, 0.15) is 18.3 Å². The summed E-state index contributed by atoms with van der Waals surface area (Å²) >= 11 is 0. The van der Waals surface area contributed by atoms with Crippen LogP contribution >= 0.6 is 0 Å². The van der Waals surface area contributed by atoms with Crippen molar-refractivity contribution in [1.82, 2.24) is 9.97 Å². The maximum Gasteiger partial charge on any atom is 0.331 e. The van der Waals surface area contributed by atoms with Crippen molar-refractivity contribution in [2.24, 2.45) is 0 Å². The van der Waals surface area contributed by atoms with Gasteiger partial charge >= 0.3 is 5.97 Å². The molecule has 8 heteroatoms. The highest BCUT2D eigenvalue weighted by atomic mass is 16.6. The van der Waals surface area contributed by atoms with E-state index in [9.17, 15) is 15.2 Å². The second-order valence-corrected chi connectivity index (χ2v) is 6.79. The average Bonchev–Trinajstić information content (AvgIpc) is 3.21. The molecule has 31 heavy (non-hydrogen) atoms. The van der Waals surface area contributed by atoms with Crippen LogP contribution in [0.5, 0.6) is 11.5 Å². The number of aromatic amines is 1. The Bertz CT molecular complexity index is 1200. The number of aliphatic hydroxyl groups is 1. The van der Waals surface area contributed by atoms with E-state index in [-0.39, 0.29) is 17.2 Å². The number of benzene rings is 2. The molecule has 0 unspecified atom stereocenters. The lowest BCUT2D eigenvalue weighted by Gasteiger charge is -2.18. The standard InChI is InChI=1S/C23H19N3O5/c1-14(22(28)16(13-24)23-25-17-4-2-3-5-18(17)26-23)31-21(27)9-7-15-6-8-19-20(12-15)30-11-10-29-19/h2-9,12,14,28H,10-11H2,1H3,(H,25,26)/b9-7+,22-16-/t14-/m0/s1. The predicted molar refractivity (Wildman–Crippen MR) is 113 cm³/mol. The number of nitriles is 1. The first-order valence-corrected chi connectivity index (χ1v) is 9.62. The van der Waals surface area contributed by atoms with Crippen LogP contribution in [0, 0.1) is 11.3 Å². The number of rotatable bonds is 5. The summed E-state index contributed by atoms with van der Waals surface area (Å²) in [5.41, 5.74) is 2.02. The summed E-state index contributed by atoms with van der Waals surface area (Å²) in [6.07, 6.45) is 1.77. The molecular weight excluding hydrogens is 398 g/mol. The first-order chi connectivity index (χ1) is 15.0. The third-order valence-electron chi connectivity index (χ3n) is 4.65. The summed E-state index contributed by atoms with van der Waals surface area (Å²) < 4.78 is 16.2. The van der Waals surface area contributed by atoms with E-state index in [0.29, 0.717) is 30.2 Å². The van der Waals surface area contributed by atoms with Gasteiger partial charge in [0, 0.05) is 6.08 Å². The second-order valence-electron chi connectivity index (χ2n) is 6.79. The van der Waals surface area contributed by atoms with Crippen LogP contribution in [0.4, 0.5) is 0 Å². The van der Waals surface area contributed by atoms with Crippen LogP contribution in [-0.2, 0) is 9.53 Å². The monoisotopic (exact) mass is 417 g/mol. The van der Waals surface area contributed by atoms with Gasteiger partial charge in [0.1, 0.15) is 24.9 Å². The summed E-state index contributed by atoms with van der Waals surface area (Å²) in [6, 6.07) is 14.5. The van der Waals surface area contributed by atoms with Crippen molar-refractivity contribution in [2.75, 3.05) is 13.2 Å². The van der Waals surface area contributed by atoms with Crippen LogP contribution in [0.15, 0.2) is 54.3 Å². The molecule has 3 aromatic rings. The normalized spacial score (nSPS) is 14.7. The predicted octanol–water partition coefficient (Wildman–Crippen LogP) is 3.77. The van der Waals surface area contributed by atoms with Gasteiger partial charge in [-0.1, -0.05) is 18.2 Å². The third kappa shape index (κ3) is 4.36. The van der Waals surface area contributed by atoms with Gasteiger partial charge in [-0.15, -0.1) is 0 Å². The molecule has 0 saturated heterocycles. The molecule has 0 spiro atoms. The van der Waals surface area contributed by atoms with Crippen LogP contribution in [0.3, 0.4) is 0 Å². The van der Waals surface area contributed by atoms with Crippen molar-refractivity contribution < 1.29 is 24.1 Å². The zero-order valence-electron chi connectivity index (χ0n) is 16.7. The number of aromatic nitrogens is 2. The molecule has 0 bridgehead atoms. The number of nitrogens with one attached hydrogen (secondary N) is 1. The summed E-state index contributed by atoms with van der Waals surface area (Å²) in [4.78, 5) is 19.5. The first-order valence-electron chi connectivity index (χ1n) is 9.62. The molecule has 0 saturated carbocycles. The molecule has 1 aromatic heterocycles. The Morgan fingerprint density at radius 2 is 2.03 bits per heavy atom. The molecule has 2 N–H and O–H groups in total. The fourth-order valence-electron chi connectivity index (χ4n) is 3.10. The molecular formula is C23H19N3O5. The highest BCUT2D eigenvalue weighted by molar-refractivity contribution is 5.88. The zero-order valence-corrected chi connectivity index (χ0v) is 16.7. The molecule has 1 aliphatic rings. The molecule has 1 atom stereocenters. The molecule has 1 aliphatic heterocycles. The van der Waals surface area contributed by atoms with Crippen LogP contribution in [0.2, 0.25) is 0 Å². The number of aliphatic hydroxyl groups excluding tert-OH is 1.